The topological polar surface area (TPSA) is 94.8 Å². The van der Waals surface area contributed by atoms with Crippen molar-refractivity contribution in [1.29, 1.82) is 0 Å². The molecule has 1 fully saturated rings. The fourth-order valence-corrected chi connectivity index (χ4v) is 3.16. The Kier molecular flexibility index (Phi) is 4.15. The molecule has 0 aromatic carbocycles. The lowest BCUT2D eigenvalue weighted by atomic mass is 9.95. The van der Waals surface area contributed by atoms with Crippen LogP contribution in [0.1, 0.15) is 6.92 Å². The number of rotatable bonds is 2. The zero-order valence-corrected chi connectivity index (χ0v) is 11.2. The lowest BCUT2D eigenvalue weighted by Crippen LogP contribution is -2.57. The van der Waals surface area contributed by atoms with Gasteiger partial charge in [-0.15, -0.1) is 0 Å². The Balaban J connectivity index is 2.13. The Morgan fingerprint density at radius 1 is 1.44 bits per heavy atom. The standard InChI is InChI=1S/C10H18N2O5S/c1-4(13)8-7(15)6(14)5-9(17-8)18-10(11-5)12(2)16-3/h4-9,13-15H,1-3H3/t4-,5+,6+,7-,8?,9+/m0/s1. The molecule has 8 heteroatoms. The van der Waals surface area contributed by atoms with Gasteiger partial charge in [-0.25, -0.2) is 5.06 Å². The number of nitrogens with zero attached hydrogens (tertiary/aromatic N) is 2. The summed E-state index contributed by atoms with van der Waals surface area (Å²) in [6, 6.07) is -0.549. The second-order valence-corrected chi connectivity index (χ2v) is 5.46. The average Bonchev–Trinajstić information content (AvgIpc) is 2.76. The molecular weight excluding hydrogens is 260 g/mol. The highest BCUT2D eigenvalue weighted by atomic mass is 32.2. The van der Waals surface area contributed by atoms with Gasteiger partial charge in [0.05, 0.1) is 13.2 Å². The highest BCUT2D eigenvalue weighted by molar-refractivity contribution is 8.14. The van der Waals surface area contributed by atoms with E-state index in [0.717, 1.165) is 0 Å². The summed E-state index contributed by atoms with van der Waals surface area (Å²) in [6.07, 6.45) is -3.88. The lowest BCUT2D eigenvalue weighted by molar-refractivity contribution is -0.181. The van der Waals surface area contributed by atoms with E-state index in [1.807, 2.05) is 0 Å². The van der Waals surface area contributed by atoms with Gasteiger partial charge in [0.2, 0.25) is 0 Å². The Hall–Kier alpha value is -0.380. The van der Waals surface area contributed by atoms with E-state index in [-0.39, 0.29) is 0 Å². The van der Waals surface area contributed by atoms with Gasteiger partial charge in [0.1, 0.15) is 29.8 Å². The summed E-state index contributed by atoms with van der Waals surface area (Å²) in [7, 11) is 3.20. The number of aliphatic hydroxyl groups excluding tert-OH is 3. The van der Waals surface area contributed by atoms with E-state index in [9.17, 15) is 15.3 Å². The molecule has 0 radical (unpaired) electrons. The van der Waals surface area contributed by atoms with Crippen LogP contribution in [0.3, 0.4) is 0 Å². The number of aliphatic imine (C=N–C) groups is 1. The van der Waals surface area contributed by atoms with Gasteiger partial charge in [-0.1, -0.05) is 11.8 Å². The molecule has 3 N–H and O–H groups in total. The minimum atomic E-state index is -1.15. The summed E-state index contributed by atoms with van der Waals surface area (Å²) in [5.41, 5.74) is -0.421. The predicted molar refractivity (Wildman–Crippen MR) is 65.9 cm³/mol. The zero-order valence-electron chi connectivity index (χ0n) is 10.4. The number of ether oxygens (including phenoxy) is 1. The fraction of sp³-hybridized carbons (Fsp3) is 0.900. The first-order valence-corrected chi connectivity index (χ1v) is 6.55. The summed E-state index contributed by atoms with van der Waals surface area (Å²) in [4.78, 5) is 9.28. The summed E-state index contributed by atoms with van der Waals surface area (Å²) >= 11 is 1.30. The first kappa shape index (κ1) is 14.0. The summed E-state index contributed by atoms with van der Waals surface area (Å²) in [5.74, 6) is 0. The molecule has 18 heavy (non-hydrogen) atoms. The third-order valence-corrected chi connectivity index (χ3v) is 4.30. The van der Waals surface area contributed by atoms with E-state index in [1.54, 1.807) is 7.05 Å². The van der Waals surface area contributed by atoms with Gasteiger partial charge in [0.15, 0.2) is 5.17 Å². The third-order valence-electron chi connectivity index (χ3n) is 3.11. The molecule has 0 aliphatic carbocycles. The fourth-order valence-electron chi connectivity index (χ4n) is 2.00. The van der Waals surface area contributed by atoms with Gasteiger partial charge in [-0.2, -0.15) is 0 Å². The highest BCUT2D eigenvalue weighted by Gasteiger charge is 2.49. The van der Waals surface area contributed by atoms with Gasteiger partial charge in [-0.05, 0) is 6.92 Å². The zero-order chi connectivity index (χ0) is 13.4. The lowest BCUT2D eigenvalue weighted by Gasteiger charge is -2.39. The molecular formula is C10H18N2O5S. The van der Waals surface area contributed by atoms with Crippen LogP contribution < -0.4 is 0 Å². The SMILES string of the molecule is CON(C)C1=N[C@@H]2[C@@H](O)[C@H](O)C([C@H](C)O)O[C@@H]2S1. The minimum Gasteiger partial charge on any atom is -0.391 e. The first-order chi connectivity index (χ1) is 8.45. The molecule has 2 rings (SSSR count). The predicted octanol–water partition coefficient (Wildman–Crippen LogP) is -1.22. The number of thioether (sulfide) groups is 1. The van der Waals surface area contributed by atoms with Crippen molar-refractivity contribution in [2.75, 3.05) is 14.2 Å². The van der Waals surface area contributed by atoms with Crippen molar-refractivity contribution in [3.05, 3.63) is 0 Å². The molecule has 104 valence electrons. The average molecular weight is 278 g/mol. The second kappa shape index (κ2) is 5.32. The molecule has 0 saturated carbocycles. The van der Waals surface area contributed by atoms with Crippen molar-refractivity contribution in [3.8, 4) is 0 Å². The molecule has 1 saturated heterocycles. The largest absolute Gasteiger partial charge is 0.391 e. The van der Waals surface area contributed by atoms with Crippen LogP contribution in [-0.4, -0.2) is 75.6 Å². The monoisotopic (exact) mass is 278 g/mol. The van der Waals surface area contributed by atoms with E-state index >= 15 is 0 Å². The van der Waals surface area contributed by atoms with Crippen molar-refractivity contribution in [1.82, 2.24) is 5.06 Å². The molecule has 2 aliphatic heterocycles. The maximum absolute atomic E-state index is 10.0. The molecule has 0 bridgehead atoms. The molecule has 2 heterocycles. The smallest absolute Gasteiger partial charge is 0.186 e. The van der Waals surface area contributed by atoms with Crippen LogP contribution in [0, 0.1) is 0 Å². The van der Waals surface area contributed by atoms with Crippen LogP contribution in [0.2, 0.25) is 0 Å². The summed E-state index contributed by atoms with van der Waals surface area (Å²) in [6.45, 7) is 1.52. The molecule has 6 atom stereocenters. The maximum atomic E-state index is 10.0. The van der Waals surface area contributed by atoms with Crippen LogP contribution >= 0.6 is 11.8 Å². The number of hydroxylamine groups is 2. The molecule has 0 amide bonds. The molecule has 0 aromatic heterocycles. The van der Waals surface area contributed by atoms with Gasteiger partial charge >= 0.3 is 0 Å². The highest BCUT2D eigenvalue weighted by Crippen LogP contribution is 2.37. The summed E-state index contributed by atoms with van der Waals surface area (Å²) < 4.78 is 5.59. The van der Waals surface area contributed by atoms with Crippen LogP contribution in [-0.2, 0) is 9.57 Å². The van der Waals surface area contributed by atoms with Gasteiger partial charge in [0, 0.05) is 7.05 Å². The first-order valence-electron chi connectivity index (χ1n) is 5.67. The van der Waals surface area contributed by atoms with Crippen LogP contribution in [0.15, 0.2) is 4.99 Å². The maximum Gasteiger partial charge on any atom is 0.186 e. The number of hydrogen-bond acceptors (Lipinski definition) is 8. The van der Waals surface area contributed by atoms with Crippen LogP contribution in [0.4, 0.5) is 0 Å². The summed E-state index contributed by atoms with van der Waals surface area (Å²) in [5, 5.41) is 31.5. The Labute approximate surface area is 109 Å². The molecule has 7 nitrogen and oxygen atoms in total. The van der Waals surface area contributed by atoms with E-state index in [0.29, 0.717) is 5.17 Å². The van der Waals surface area contributed by atoms with E-state index < -0.39 is 35.9 Å². The number of hydrogen-bond donors (Lipinski definition) is 3. The number of aliphatic hydroxyl groups is 3. The van der Waals surface area contributed by atoms with E-state index in [2.05, 4.69) is 4.99 Å². The van der Waals surface area contributed by atoms with Crippen molar-refractivity contribution in [2.45, 2.75) is 42.8 Å². The quantitative estimate of drug-likeness (QED) is 0.545. The molecule has 2 aliphatic rings. The van der Waals surface area contributed by atoms with Crippen LogP contribution in [0.5, 0.6) is 0 Å². The van der Waals surface area contributed by atoms with E-state index in [1.165, 1.54) is 30.9 Å². The minimum absolute atomic E-state index is 0.421. The number of amidine groups is 1. The van der Waals surface area contributed by atoms with Crippen LogP contribution in [0.25, 0.3) is 0 Å². The Morgan fingerprint density at radius 3 is 2.67 bits per heavy atom. The Morgan fingerprint density at radius 2 is 2.11 bits per heavy atom. The van der Waals surface area contributed by atoms with Gasteiger partial charge in [0.25, 0.3) is 0 Å². The molecule has 1 unspecified atom stereocenters. The number of fused-ring (bicyclic) bond motifs is 1. The normalized spacial score (nSPS) is 41.2. The van der Waals surface area contributed by atoms with E-state index in [4.69, 9.17) is 9.57 Å². The third kappa shape index (κ3) is 2.36. The van der Waals surface area contributed by atoms with Gasteiger partial charge in [-0.3, -0.25) is 9.83 Å². The van der Waals surface area contributed by atoms with Gasteiger partial charge < -0.3 is 20.1 Å². The van der Waals surface area contributed by atoms with Crippen molar-refractivity contribution >= 4 is 16.9 Å². The molecule has 0 spiro atoms. The van der Waals surface area contributed by atoms with Crippen molar-refractivity contribution in [2.24, 2.45) is 4.99 Å². The second-order valence-electron chi connectivity index (χ2n) is 4.39. The van der Waals surface area contributed by atoms with Crippen molar-refractivity contribution < 1.29 is 24.9 Å². The Bertz CT molecular complexity index is 340. The van der Waals surface area contributed by atoms with Crippen molar-refractivity contribution in [3.63, 3.8) is 0 Å². The molecule has 0 aromatic rings.